The Kier molecular flexibility index (Phi) is 4.74. The van der Waals surface area contributed by atoms with Crippen LogP contribution < -0.4 is 25.4 Å². The van der Waals surface area contributed by atoms with Crippen molar-refractivity contribution in [1.29, 1.82) is 0 Å². The third kappa shape index (κ3) is 3.59. The minimum absolute atomic E-state index is 0.101. The van der Waals surface area contributed by atoms with Crippen LogP contribution in [0.25, 0.3) is 0 Å². The molecule has 1 aliphatic heterocycles. The first-order valence-electron chi connectivity index (χ1n) is 7.82. The number of ether oxygens (including phenoxy) is 2. The number of nitrogens with zero attached hydrogens (tertiary/aromatic N) is 1. The third-order valence-corrected chi connectivity index (χ3v) is 3.73. The second kappa shape index (κ2) is 7.14. The van der Waals surface area contributed by atoms with Crippen LogP contribution in [-0.4, -0.2) is 24.5 Å². The van der Waals surface area contributed by atoms with Crippen molar-refractivity contribution in [3.05, 3.63) is 48.0 Å². The molecule has 0 unspecified atom stereocenters. The Morgan fingerprint density at radius 1 is 1.12 bits per heavy atom. The lowest BCUT2D eigenvalue weighted by molar-refractivity contribution is -0.139. The molecule has 1 heterocycles. The fourth-order valence-corrected chi connectivity index (χ4v) is 2.52. The first kappa shape index (κ1) is 17.3. The number of amides is 3. The Labute approximate surface area is 149 Å². The molecule has 3 rings (SSSR count). The van der Waals surface area contributed by atoms with Gasteiger partial charge in [0.2, 0.25) is 12.7 Å². The van der Waals surface area contributed by atoms with Crippen LogP contribution in [0.4, 0.5) is 11.4 Å². The summed E-state index contributed by atoms with van der Waals surface area (Å²) in [5.74, 6) is -1.27. The minimum atomic E-state index is -0.983. The number of rotatable bonds is 3. The Morgan fingerprint density at radius 2 is 1.88 bits per heavy atom. The van der Waals surface area contributed by atoms with E-state index in [0.29, 0.717) is 17.2 Å². The van der Waals surface area contributed by atoms with E-state index >= 15 is 0 Å². The molecule has 1 aliphatic rings. The molecule has 3 amide bonds. The molecular weight excluding hydrogens is 338 g/mol. The highest BCUT2D eigenvalue weighted by atomic mass is 16.7. The predicted octanol–water partition coefficient (Wildman–Crippen LogP) is 1.19. The summed E-state index contributed by atoms with van der Waals surface area (Å²) >= 11 is 0. The smallest absolute Gasteiger partial charge is 0.323 e. The van der Waals surface area contributed by atoms with Crippen LogP contribution in [0.3, 0.4) is 0 Å². The Bertz CT molecular complexity index is 881. The molecule has 3 N–H and O–H groups in total. The minimum Gasteiger partial charge on any atom is -0.454 e. The number of nitrogens with two attached hydrogens (primary N) is 1. The molecule has 0 saturated heterocycles. The normalized spacial score (nSPS) is 11.7. The van der Waals surface area contributed by atoms with Gasteiger partial charge in [0.05, 0.1) is 5.69 Å². The van der Waals surface area contributed by atoms with E-state index in [2.05, 4.69) is 5.32 Å². The highest BCUT2D eigenvalue weighted by molar-refractivity contribution is 6.45. The Morgan fingerprint density at radius 3 is 2.62 bits per heavy atom. The van der Waals surface area contributed by atoms with E-state index in [-0.39, 0.29) is 19.0 Å². The van der Waals surface area contributed by atoms with Gasteiger partial charge < -0.3 is 20.5 Å². The summed E-state index contributed by atoms with van der Waals surface area (Å²) in [5.41, 5.74) is 7.02. The number of carbonyl (C=O) groups is 3. The lowest BCUT2D eigenvalue weighted by Gasteiger charge is -2.19. The first-order chi connectivity index (χ1) is 12.5. The molecule has 0 saturated carbocycles. The topological polar surface area (TPSA) is 111 Å². The van der Waals surface area contributed by atoms with Crippen LogP contribution in [0.1, 0.15) is 12.5 Å². The first-order valence-corrected chi connectivity index (χ1v) is 7.82. The number of benzene rings is 2. The lowest BCUT2D eigenvalue weighted by atomic mass is 10.2. The molecule has 2 aromatic carbocycles. The molecule has 0 aliphatic carbocycles. The molecule has 0 spiro atoms. The largest absolute Gasteiger partial charge is 0.454 e. The van der Waals surface area contributed by atoms with E-state index in [1.807, 2.05) is 0 Å². The second-order valence-corrected chi connectivity index (χ2v) is 5.62. The van der Waals surface area contributed by atoms with Gasteiger partial charge in [-0.1, -0.05) is 12.1 Å². The van der Waals surface area contributed by atoms with E-state index in [1.54, 1.807) is 30.3 Å². The van der Waals surface area contributed by atoms with Crippen molar-refractivity contribution in [2.75, 3.05) is 17.4 Å². The van der Waals surface area contributed by atoms with Crippen molar-refractivity contribution in [1.82, 2.24) is 5.32 Å². The predicted molar refractivity (Wildman–Crippen MR) is 93.4 cm³/mol. The van der Waals surface area contributed by atoms with Crippen LogP contribution in [0.2, 0.25) is 0 Å². The number of carbonyl (C=O) groups excluding carboxylic acids is 3. The SMILES string of the molecule is CC(=O)N(C(=O)C(=O)NCc1ccc2c(c1)OCO2)c1cccc(N)c1. The van der Waals surface area contributed by atoms with Gasteiger partial charge in [0.25, 0.3) is 0 Å². The van der Waals surface area contributed by atoms with Crippen molar-refractivity contribution >= 4 is 29.1 Å². The van der Waals surface area contributed by atoms with Gasteiger partial charge in [-0.3, -0.25) is 14.4 Å². The molecule has 0 radical (unpaired) electrons. The highest BCUT2D eigenvalue weighted by Gasteiger charge is 2.26. The number of hydrogen-bond donors (Lipinski definition) is 2. The number of nitrogen functional groups attached to an aromatic ring is 1. The van der Waals surface area contributed by atoms with E-state index < -0.39 is 17.7 Å². The zero-order valence-electron chi connectivity index (χ0n) is 14.0. The molecular formula is C18H17N3O5. The number of imide groups is 1. The van der Waals surface area contributed by atoms with Gasteiger partial charge in [-0.05, 0) is 35.9 Å². The van der Waals surface area contributed by atoms with E-state index in [4.69, 9.17) is 15.2 Å². The van der Waals surface area contributed by atoms with E-state index in [0.717, 1.165) is 10.5 Å². The van der Waals surface area contributed by atoms with Gasteiger partial charge in [0, 0.05) is 19.2 Å². The van der Waals surface area contributed by atoms with Crippen molar-refractivity contribution in [3.63, 3.8) is 0 Å². The maximum atomic E-state index is 12.4. The molecule has 0 aromatic heterocycles. The summed E-state index contributed by atoms with van der Waals surface area (Å²) in [6, 6.07) is 11.4. The average Bonchev–Trinajstić information content (AvgIpc) is 3.07. The van der Waals surface area contributed by atoms with Crippen LogP contribution in [0.5, 0.6) is 11.5 Å². The van der Waals surface area contributed by atoms with E-state index in [1.165, 1.54) is 19.1 Å². The van der Waals surface area contributed by atoms with Crippen LogP contribution >= 0.6 is 0 Å². The van der Waals surface area contributed by atoms with Gasteiger partial charge in [0.15, 0.2) is 11.5 Å². The second-order valence-electron chi connectivity index (χ2n) is 5.62. The molecule has 8 heteroatoms. The van der Waals surface area contributed by atoms with E-state index in [9.17, 15) is 14.4 Å². The van der Waals surface area contributed by atoms with Crippen LogP contribution in [0.15, 0.2) is 42.5 Å². The number of anilines is 2. The van der Waals surface area contributed by atoms with Gasteiger partial charge in [-0.2, -0.15) is 0 Å². The fraction of sp³-hybridized carbons (Fsp3) is 0.167. The standard InChI is InChI=1S/C18H17N3O5/c1-11(22)21(14-4-2-3-13(19)8-14)18(24)17(23)20-9-12-5-6-15-16(7-12)26-10-25-15/h2-8H,9-10,19H2,1H3,(H,20,23). The quantitative estimate of drug-likeness (QED) is 0.632. The van der Waals surface area contributed by atoms with Crippen molar-refractivity contribution in [3.8, 4) is 11.5 Å². The molecule has 0 bridgehead atoms. The van der Waals surface area contributed by atoms with Crippen molar-refractivity contribution in [2.24, 2.45) is 0 Å². The number of fused-ring (bicyclic) bond motifs is 1. The summed E-state index contributed by atoms with van der Waals surface area (Å²) in [6.45, 7) is 1.45. The Hall–Kier alpha value is -3.55. The van der Waals surface area contributed by atoms with Gasteiger partial charge in [-0.25, -0.2) is 4.90 Å². The summed E-state index contributed by atoms with van der Waals surface area (Å²) in [7, 11) is 0. The molecule has 26 heavy (non-hydrogen) atoms. The Balaban J connectivity index is 1.69. The molecule has 0 fully saturated rings. The molecule has 2 aromatic rings. The summed E-state index contributed by atoms with van der Waals surface area (Å²) in [5, 5.41) is 2.50. The zero-order chi connectivity index (χ0) is 18.7. The summed E-state index contributed by atoms with van der Waals surface area (Å²) in [6.07, 6.45) is 0. The zero-order valence-corrected chi connectivity index (χ0v) is 14.0. The average molecular weight is 355 g/mol. The van der Waals surface area contributed by atoms with Crippen molar-refractivity contribution in [2.45, 2.75) is 13.5 Å². The number of hydrogen-bond acceptors (Lipinski definition) is 6. The van der Waals surface area contributed by atoms with Crippen molar-refractivity contribution < 1.29 is 23.9 Å². The van der Waals surface area contributed by atoms with Crippen LogP contribution in [0, 0.1) is 0 Å². The van der Waals surface area contributed by atoms with Gasteiger partial charge in [-0.15, -0.1) is 0 Å². The molecule has 134 valence electrons. The molecule has 8 nitrogen and oxygen atoms in total. The van der Waals surface area contributed by atoms with Crippen LogP contribution in [-0.2, 0) is 20.9 Å². The van der Waals surface area contributed by atoms with Gasteiger partial charge in [0.1, 0.15) is 0 Å². The maximum absolute atomic E-state index is 12.4. The summed E-state index contributed by atoms with van der Waals surface area (Å²) < 4.78 is 10.5. The summed E-state index contributed by atoms with van der Waals surface area (Å²) in [4.78, 5) is 37.3. The number of nitrogens with one attached hydrogen (secondary N) is 1. The highest BCUT2D eigenvalue weighted by Crippen LogP contribution is 2.32. The fourth-order valence-electron chi connectivity index (χ4n) is 2.52. The lowest BCUT2D eigenvalue weighted by Crippen LogP contribution is -2.45. The maximum Gasteiger partial charge on any atom is 0.323 e. The third-order valence-electron chi connectivity index (χ3n) is 3.73. The molecule has 0 atom stereocenters. The van der Waals surface area contributed by atoms with Gasteiger partial charge >= 0.3 is 11.8 Å². The monoisotopic (exact) mass is 355 g/mol.